The molecular weight excluding hydrogens is 446 g/mol. The fourth-order valence-electron chi connectivity index (χ4n) is 3.69. The summed E-state index contributed by atoms with van der Waals surface area (Å²) in [6.45, 7) is 6.32. The van der Waals surface area contributed by atoms with E-state index in [0.717, 1.165) is 34.5 Å². The fourth-order valence-corrected chi connectivity index (χ4v) is 4.16. The molecule has 0 aliphatic carbocycles. The Morgan fingerprint density at radius 3 is 2.10 bits per heavy atom. The van der Waals surface area contributed by atoms with Crippen molar-refractivity contribution in [2.45, 2.75) is 13.8 Å². The largest absolute Gasteiger partial charge is 0.372 e. The molecule has 156 valence electrons. The lowest BCUT2D eigenvalue weighted by atomic mass is 10.1. The van der Waals surface area contributed by atoms with E-state index in [1.54, 1.807) is 0 Å². The van der Waals surface area contributed by atoms with Crippen molar-refractivity contribution in [3.05, 3.63) is 101 Å². The van der Waals surface area contributed by atoms with Gasteiger partial charge in [0.15, 0.2) is 0 Å². The molecule has 0 fully saturated rings. The number of hydrogen-bond acceptors (Lipinski definition) is 3. The van der Waals surface area contributed by atoms with Crippen LogP contribution in [0.25, 0.3) is 10.8 Å². The molecule has 0 unspecified atom stereocenters. The Bertz CT molecular complexity index is 1180. The maximum absolute atomic E-state index is 4.88. The number of para-hydroxylation sites is 1. The van der Waals surface area contributed by atoms with Crippen LogP contribution in [0.5, 0.6) is 0 Å². The smallest absolute Gasteiger partial charge is 0.0659 e. The molecule has 4 aromatic rings. The van der Waals surface area contributed by atoms with Crippen LogP contribution in [-0.2, 0) is 0 Å². The van der Waals surface area contributed by atoms with Crippen LogP contribution in [0, 0.1) is 0 Å². The molecule has 0 atom stereocenters. The third-order valence-electron chi connectivity index (χ3n) is 5.40. The number of anilines is 3. The number of fused-ring (bicyclic) bond motifs is 1. The zero-order valence-electron chi connectivity index (χ0n) is 17.9. The maximum atomic E-state index is 4.88. The van der Waals surface area contributed by atoms with Gasteiger partial charge in [0.25, 0.3) is 0 Å². The van der Waals surface area contributed by atoms with Gasteiger partial charge in [-0.05, 0) is 61.0 Å². The van der Waals surface area contributed by atoms with Crippen LogP contribution in [-0.4, -0.2) is 19.3 Å². The van der Waals surface area contributed by atoms with E-state index in [0.29, 0.717) is 0 Å². The topological polar surface area (TPSA) is 18.8 Å². The van der Waals surface area contributed by atoms with Crippen molar-refractivity contribution in [3.8, 4) is 0 Å². The molecule has 0 radical (unpaired) electrons. The minimum atomic E-state index is 0.986. The average Bonchev–Trinajstić information content (AvgIpc) is 2.82. The summed E-state index contributed by atoms with van der Waals surface area (Å²) in [6.07, 6.45) is 1.91. The molecule has 0 aliphatic rings. The van der Waals surface area contributed by atoms with Gasteiger partial charge in [0, 0.05) is 28.8 Å². The lowest BCUT2D eigenvalue weighted by Crippen LogP contribution is -2.21. The monoisotopic (exact) mass is 471 g/mol. The van der Waals surface area contributed by atoms with Gasteiger partial charge in [-0.2, -0.15) is 5.10 Å². The van der Waals surface area contributed by atoms with Gasteiger partial charge in [0.05, 0.1) is 17.6 Å². The molecule has 4 rings (SSSR count). The summed E-state index contributed by atoms with van der Waals surface area (Å²) in [6, 6.07) is 31.5. The van der Waals surface area contributed by atoms with Gasteiger partial charge in [0.1, 0.15) is 0 Å². The van der Waals surface area contributed by atoms with E-state index in [9.17, 15) is 0 Å². The first-order chi connectivity index (χ1) is 15.2. The Labute approximate surface area is 192 Å². The number of halogens is 1. The van der Waals surface area contributed by atoms with Crippen molar-refractivity contribution >= 4 is 50.0 Å². The number of rotatable bonds is 7. The van der Waals surface area contributed by atoms with E-state index < -0.39 is 0 Å². The number of nitrogens with zero attached hydrogens (tertiary/aromatic N) is 3. The summed E-state index contributed by atoms with van der Waals surface area (Å²) in [7, 11) is 0. The minimum absolute atomic E-state index is 0.986. The zero-order chi connectivity index (χ0) is 21.6. The molecular formula is C27H26BrN3. The Kier molecular flexibility index (Phi) is 6.68. The molecule has 0 bridgehead atoms. The predicted molar refractivity (Wildman–Crippen MR) is 138 cm³/mol. The molecule has 0 amide bonds. The van der Waals surface area contributed by atoms with E-state index in [1.807, 2.05) is 29.4 Å². The molecule has 0 aliphatic heterocycles. The highest BCUT2D eigenvalue weighted by atomic mass is 79.9. The Balaban J connectivity index is 1.70. The lowest BCUT2D eigenvalue weighted by Gasteiger charge is -2.22. The first-order valence-corrected chi connectivity index (χ1v) is 11.4. The van der Waals surface area contributed by atoms with E-state index in [-0.39, 0.29) is 0 Å². The van der Waals surface area contributed by atoms with Crippen molar-refractivity contribution < 1.29 is 0 Å². The zero-order valence-corrected chi connectivity index (χ0v) is 19.5. The van der Waals surface area contributed by atoms with Gasteiger partial charge in [-0.25, -0.2) is 5.01 Å². The van der Waals surface area contributed by atoms with Crippen LogP contribution in [0.1, 0.15) is 19.4 Å². The normalized spacial score (nSPS) is 11.2. The SMILES string of the molecule is CCN(CC)c1ccc(C=NN(c2ccccc2)c2ccc3ccccc3c2)c(Br)c1. The highest BCUT2D eigenvalue weighted by molar-refractivity contribution is 9.10. The standard InChI is InChI=1S/C27H26BrN3/c1-3-30(4-2)25-16-15-23(27(28)19-25)20-29-31(24-12-6-5-7-13-24)26-17-14-21-10-8-9-11-22(21)18-26/h5-20H,3-4H2,1-2H3. The van der Waals surface area contributed by atoms with Crippen LogP contribution in [0.3, 0.4) is 0 Å². The fraction of sp³-hybridized carbons (Fsp3) is 0.148. The Hall–Kier alpha value is -3.11. The number of hydrazone groups is 1. The first-order valence-electron chi connectivity index (χ1n) is 10.6. The van der Waals surface area contributed by atoms with Crippen LogP contribution in [0.2, 0.25) is 0 Å². The highest BCUT2D eigenvalue weighted by Crippen LogP contribution is 2.29. The van der Waals surface area contributed by atoms with Crippen LogP contribution in [0.4, 0.5) is 17.1 Å². The van der Waals surface area contributed by atoms with Gasteiger partial charge >= 0.3 is 0 Å². The molecule has 0 saturated heterocycles. The van der Waals surface area contributed by atoms with Crippen molar-refractivity contribution in [2.24, 2.45) is 5.10 Å². The summed E-state index contributed by atoms with van der Waals surface area (Å²) < 4.78 is 1.03. The summed E-state index contributed by atoms with van der Waals surface area (Å²) in [4.78, 5) is 2.33. The minimum Gasteiger partial charge on any atom is -0.372 e. The molecule has 4 aromatic carbocycles. The summed E-state index contributed by atoms with van der Waals surface area (Å²) in [5.74, 6) is 0. The molecule has 3 nitrogen and oxygen atoms in total. The maximum Gasteiger partial charge on any atom is 0.0659 e. The molecule has 0 N–H and O–H groups in total. The Morgan fingerprint density at radius 2 is 1.39 bits per heavy atom. The van der Waals surface area contributed by atoms with Crippen molar-refractivity contribution in [2.75, 3.05) is 23.0 Å². The van der Waals surface area contributed by atoms with Crippen molar-refractivity contribution in [1.29, 1.82) is 0 Å². The van der Waals surface area contributed by atoms with Crippen LogP contribution >= 0.6 is 15.9 Å². The molecule has 4 heteroatoms. The van der Waals surface area contributed by atoms with E-state index in [2.05, 4.69) is 107 Å². The van der Waals surface area contributed by atoms with E-state index in [1.165, 1.54) is 16.5 Å². The van der Waals surface area contributed by atoms with Gasteiger partial charge in [-0.1, -0.05) is 70.5 Å². The van der Waals surface area contributed by atoms with E-state index >= 15 is 0 Å². The summed E-state index contributed by atoms with van der Waals surface area (Å²) >= 11 is 3.73. The van der Waals surface area contributed by atoms with Gasteiger partial charge in [-0.15, -0.1) is 0 Å². The van der Waals surface area contributed by atoms with Crippen LogP contribution < -0.4 is 9.91 Å². The second-order valence-corrected chi connectivity index (χ2v) is 8.16. The molecule has 0 spiro atoms. The van der Waals surface area contributed by atoms with Gasteiger partial charge in [-0.3, -0.25) is 0 Å². The third-order valence-corrected chi connectivity index (χ3v) is 6.09. The van der Waals surface area contributed by atoms with Gasteiger partial charge in [0.2, 0.25) is 0 Å². The lowest BCUT2D eigenvalue weighted by molar-refractivity contribution is 0.866. The quantitative estimate of drug-likeness (QED) is 0.204. The number of hydrogen-bond donors (Lipinski definition) is 0. The first kappa shape index (κ1) is 21.1. The van der Waals surface area contributed by atoms with Crippen molar-refractivity contribution in [3.63, 3.8) is 0 Å². The van der Waals surface area contributed by atoms with Crippen molar-refractivity contribution in [1.82, 2.24) is 0 Å². The average molecular weight is 472 g/mol. The summed E-state index contributed by atoms with van der Waals surface area (Å²) in [5.41, 5.74) is 4.29. The third kappa shape index (κ3) is 4.80. The second kappa shape index (κ2) is 9.80. The van der Waals surface area contributed by atoms with Gasteiger partial charge < -0.3 is 4.90 Å². The molecule has 0 heterocycles. The second-order valence-electron chi connectivity index (χ2n) is 7.30. The molecule has 0 aromatic heterocycles. The number of benzene rings is 4. The van der Waals surface area contributed by atoms with E-state index in [4.69, 9.17) is 5.10 Å². The van der Waals surface area contributed by atoms with Crippen LogP contribution in [0.15, 0.2) is 101 Å². The predicted octanol–water partition coefficient (Wildman–Crippen LogP) is 7.62. The highest BCUT2D eigenvalue weighted by Gasteiger charge is 2.10. The Morgan fingerprint density at radius 1 is 0.710 bits per heavy atom. The molecule has 0 saturated carbocycles. The molecule has 31 heavy (non-hydrogen) atoms. The summed E-state index contributed by atoms with van der Waals surface area (Å²) in [5, 5.41) is 9.28.